The topological polar surface area (TPSA) is 63.4 Å². The Morgan fingerprint density at radius 1 is 0.966 bits per heavy atom. The van der Waals surface area contributed by atoms with Crippen LogP contribution in [-0.2, 0) is 11.9 Å². The van der Waals surface area contributed by atoms with Crippen molar-refractivity contribution in [1.29, 1.82) is 0 Å². The standard InChI is InChI=1S/C20H18B3N5O/c21-19-26-25-16-5-1-4-15(28(16)19)13-8-6-12(7-9-13)11-27-18(29)14-3-2-10-24-17(14)20(27,22)23/h1-10H,11,21-23H2. The third-order valence-electron chi connectivity index (χ3n) is 5.72. The third kappa shape index (κ3) is 2.68. The molecule has 0 saturated carbocycles. The van der Waals surface area contributed by atoms with Crippen molar-refractivity contribution in [3.05, 3.63) is 77.6 Å². The van der Waals surface area contributed by atoms with Crippen LogP contribution in [0.15, 0.2) is 60.8 Å². The van der Waals surface area contributed by atoms with Gasteiger partial charge in [-0.3, -0.25) is 14.2 Å². The van der Waals surface area contributed by atoms with Gasteiger partial charge in [-0.15, -0.1) is 10.2 Å². The van der Waals surface area contributed by atoms with Crippen LogP contribution >= 0.6 is 0 Å². The summed E-state index contributed by atoms with van der Waals surface area (Å²) in [5.41, 5.74) is 6.44. The van der Waals surface area contributed by atoms with Gasteiger partial charge in [-0.05, 0) is 35.4 Å². The van der Waals surface area contributed by atoms with Crippen molar-refractivity contribution < 1.29 is 4.79 Å². The van der Waals surface area contributed by atoms with E-state index in [1.54, 1.807) is 6.20 Å². The fourth-order valence-corrected chi connectivity index (χ4v) is 4.14. The van der Waals surface area contributed by atoms with Crippen molar-refractivity contribution in [2.75, 3.05) is 0 Å². The number of carbonyl (C=O) groups is 1. The molecule has 29 heavy (non-hydrogen) atoms. The predicted octanol–water partition coefficient (Wildman–Crippen LogP) is -0.918. The molecule has 4 aromatic rings. The number of rotatable bonds is 3. The highest BCUT2D eigenvalue weighted by atomic mass is 16.2. The Hall–Kier alpha value is -3.35. The van der Waals surface area contributed by atoms with Gasteiger partial charge in [-0.25, -0.2) is 0 Å². The first-order valence-corrected chi connectivity index (χ1v) is 9.64. The van der Waals surface area contributed by atoms with E-state index in [4.69, 9.17) is 0 Å². The first kappa shape index (κ1) is 17.7. The minimum Gasteiger partial charge on any atom is -0.339 e. The minimum absolute atomic E-state index is 0.0343. The van der Waals surface area contributed by atoms with E-state index in [2.05, 4.69) is 45.5 Å². The van der Waals surface area contributed by atoms with Gasteiger partial charge < -0.3 is 4.90 Å². The maximum Gasteiger partial charge on any atom is 0.255 e. The summed E-state index contributed by atoms with van der Waals surface area (Å²) >= 11 is 0. The second-order valence-corrected chi connectivity index (χ2v) is 7.90. The average Bonchev–Trinajstić information content (AvgIpc) is 3.20. The SMILES string of the molecule is Bc1nnc2cccc(-c3ccc(CN4C(=O)c5cccnc5C4(B)B)cc3)n12. The van der Waals surface area contributed by atoms with Gasteiger partial charge >= 0.3 is 0 Å². The highest BCUT2D eigenvalue weighted by Crippen LogP contribution is 2.34. The number of hydrogen-bond donors (Lipinski definition) is 0. The summed E-state index contributed by atoms with van der Waals surface area (Å²) in [4.78, 5) is 19.3. The predicted molar refractivity (Wildman–Crippen MR) is 119 cm³/mol. The highest BCUT2D eigenvalue weighted by Gasteiger charge is 2.43. The Balaban J connectivity index is 1.46. The molecule has 4 heterocycles. The van der Waals surface area contributed by atoms with Crippen molar-refractivity contribution in [3.63, 3.8) is 0 Å². The number of benzene rings is 1. The Kier molecular flexibility index (Phi) is 3.88. The van der Waals surface area contributed by atoms with E-state index >= 15 is 0 Å². The van der Waals surface area contributed by atoms with E-state index in [1.165, 1.54) is 0 Å². The largest absolute Gasteiger partial charge is 0.339 e. The van der Waals surface area contributed by atoms with Gasteiger partial charge in [-0.1, -0.05) is 30.3 Å². The van der Waals surface area contributed by atoms with Crippen molar-refractivity contribution in [3.8, 4) is 11.3 Å². The number of carbonyl (C=O) groups excluding carboxylic acids is 1. The van der Waals surface area contributed by atoms with Gasteiger partial charge in [-0.2, -0.15) is 0 Å². The van der Waals surface area contributed by atoms with E-state index < -0.39 is 5.34 Å². The van der Waals surface area contributed by atoms with Crippen molar-refractivity contribution >= 4 is 40.8 Å². The molecule has 0 aliphatic carbocycles. The maximum atomic E-state index is 12.9. The summed E-state index contributed by atoms with van der Waals surface area (Å²) in [5.74, 6) is 0.0343. The van der Waals surface area contributed by atoms with Gasteiger partial charge in [0.2, 0.25) is 0 Å². The van der Waals surface area contributed by atoms with E-state index in [9.17, 15) is 4.79 Å². The van der Waals surface area contributed by atoms with Crippen LogP contribution < -0.4 is 5.72 Å². The minimum atomic E-state index is -0.433. The maximum absolute atomic E-state index is 12.9. The van der Waals surface area contributed by atoms with E-state index in [-0.39, 0.29) is 5.91 Å². The summed E-state index contributed by atoms with van der Waals surface area (Å²) in [6.45, 7) is 0.540. The van der Waals surface area contributed by atoms with Crippen LogP contribution in [0.3, 0.4) is 0 Å². The first-order chi connectivity index (χ1) is 14.0. The third-order valence-corrected chi connectivity index (χ3v) is 5.72. The van der Waals surface area contributed by atoms with Crippen LogP contribution in [-0.4, -0.2) is 53.9 Å². The monoisotopic (exact) mass is 377 g/mol. The molecule has 3 aromatic heterocycles. The van der Waals surface area contributed by atoms with Gasteiger partial charge in [0.25, 0.3) is 5.91 Å². The van der Waals surface area contributed by atoms with Crippen LogP contribution in [0.4, 0.5) is 0 Å². The molecule has 1 aliphatic heterocycles. The van der Waals surface area contributed by atoms with Crippen LogP contribution in [0.1, 0.15) is 21.6 Å². The number of hydrogen-bond acceptors (Lipinski definition) is 4. The fourth-order valence-electron chi connectivity index (χ4n) is 4.14. The van der Waals surface area contributed by atoms with Crippen LogP contribution in [0.2, 0.25) is 0 Å². The molecule has 0 N–H and O–H groups in total. The normalized spacial score (nSPS) is 15.0. The molecule has 1 aromatic carbocycles. The van der Waals surface area contributed by atoms with Gasteiger partial charge in [0, 0.05) is 18.1 Å². The fraction of sp³-hybridized carbons (Fsp3) is 0.100. The summed E-state index contributed by atoms with van der Waals surface area (Å²) in [7, 11) is 6.05. The van der Waals surface area contributed by atoms with Crippen LogP contribution in [0.25, 0.3) is 16.9 Å². The lowest BCUT2D eigenvalue weighted by Crippen LogP contribution is -2.44. The molecule has 0 bridgehead atoms. The molecule has 1 amide bonds. The average molecular weight is 377 g/mol. The summed E-state index contributed by atoms with van der Waals surface area (Å²) < 4.78 is 2.05. The van der Waals surface area contributed by atoms with Crippen molar-refractivity contribution in [1.82, 2.24) is 24.5 Å². The molecule has 0 atom stereocenters. The number of aromatic nitrogens is 4. The highest BCUT2D eigenvalue weighted by molar-refractivity contribution is 6.42. The van der Waals surface area contributed by atoms with Crippen molar-refractivity contribution in [2.45, 2.75) is 11.9 Å². The molecule has 0 spiro atoms. The van der Waals surface area contributed by atoms with E-state index in [0.29, 0.717) is 12.1 Å². The zero-order valence-corrected chi connectivity index (χ0v) is 16.6. The second-order valence-electron chi connectivity index (χ2n) is 7.90. The molecule has 0 unspecified atom stereocenters. The van der Waals surface area contributed by atoms with E-state index in [0.717, 1.165) is 33.9 Å². The van der Waals surface area contributed by atoms with E-state index in [1.807, 2.05) is 57.1 Å². The number of nitrogens with zero attached hydrogens (tertiary/aromatic N) is 5. The van der Waals surface area contributed by atoms with Gasteiger partial charge in [0.1, 0.15) is 15.7 Å². The second kappa shape index (κ2) is 6.34. The lowest BCUT2D eigenvalue weighted by atomic mass is 9.59. The number of pyridine rings is 2. The summed E-state index contributed by atoms with van der Waals surface area (Å²) in [6, 6.07) is 18.0. The molecule has 138 valence electrons. The van der Waals surface area contributed by atoms with Crippen LogP contribution in [0, 0.1) is 0 Å². The zero-order valence-electron chi connectivity index (χ0n) is 16.6. The smallest absolute Gasteiger partial charge is 0.255 e. The Labute approximate surface area is 171 Å². The molecular formula is C20H18B3N5O. The number of fused-ring (bicyclic) bond motifs is 2. The number of amides is 1. The Bertz CT molecular complexity index is 1250. The molecule has 0 radical (unpaired) electrons. The Morgan fingerprint density at radius 3 is 2.52 bits per heavy atom. The molecule has 5 rings (SSSR count). The molecule has 0 saturated heterocycles. The molecular weight excluding hydrogens is 359 g/mol. The lowest BCUT2D eigenvalue weighted by molar-refractivity contribution is 0.0731. The van der Waals surface area contributed by atoms with Crippen molar-refractivity contribution in [2.24, 2.45) is 0 Å². The molecule has 9 heteroatoms. The lowest BCUT2D eigenvalue weighted by Gasteiger charge is -2.32. The zero-order chi connectivity index (χ0) is 20.2. The summed E-state index contributed by atoms with van der Waals surface area (Å²) in [5, 5.41) is 7.94. The Morgan fingerprint density at radius 2 is 1.76 bits per heavy atom. The van der Waals surface area contributed by atoms with Gasteiger partial charge in [0.15, 0.2) is 13.5 Å². The molecule has 1 aliphatic rings. The molecule has 6 nitrogen and oxygen atoms in total. The summed E-state index contributed by atoms with van der Waals surface area (Å²) in [6.07, 6.45) is 1.75. The van der Waals surface area contributed by atoms with Crippen LogP contribution in [0.5, 0.6) is 0 Å². The quantitative estimate of drug-likeness (QED) is 0.434. The molecule has 0 fully saturated rings. The van der Waals surface area contributed by atoms with Gasteiger partial charge in [0.05, 0.1) is 22.7 Å². The first-order valence-electron chi connectivity index (χ1n) is 9.64.